The molecule has 2 aliphatic carbocycles. The first-order valence-electron chi connectivity index (χ1n) is 9.96. The van der Waals surface area contributed by atoms with Gasteiger partial charge in [0.15, 0.2) is 0 Å². The van der Waals surface area contributed by atoms with E-state index in [-0.39, 0.29) is 5.83 Å². The number of aliphatic imine (C=N–C) groups is 1. The van der Waals surface area contributed by atoms with Crippen LogP contribution in [0.3, 0.4) is 0 Å². The second-order valence-electron chi connectivity index (χ2n) is 7.63. The van der Waals surface area contributed by atoms with Crippen LogP contribution in [0.1, 0.15) is 56.6 Å². The second kappa shape index (κ2) is 7.21. The molecule has 1 saturated carbocycles. The van der Waals surface area contributed by atoms with Crippen LogP contribution in [0.4, 0.5) is 10.2 Å². The number of imidazole rings is 1. The number of nitrogens with zero attached hydrogens (tertiary/aromatic N) is 3. The summed E-state index contributed by atoms with van der Waals surface area (Å²) < 4.78 is 15.8. The first kappa shape index (κ1) is 17.7. The molecule has 6 heteroatoms. The van der Waals surface area contributed by atoms with Crippen molar-refractivity contribution in [2.24, 2.45) is 4.99 Å². The Morgan fingerprint density at radius 3 is 2.79 bits per heavy atom. The van der Waals surface area contributed by atoms with Crippen molar-refractivity contribution in [2.45, 2.75) is 51.0 Å². The Kier molecular flexibility index (Phi) is 4.55. The van der Waals surface area contributed by atoms with E-state index in [0.29, 0.717) is 17.7 Å². The summed E-state index contributed by atoms with van der Waals surface area (Å²) in [4.78, 5) is 12.5. The molecule has 0 atom stereocenters. The number of nitrogens with one attached hydrogen (secondary N) is 1. The zero-order valence-corrected chi connectivity index (χ0v) is 16.3. The molecule has 0 radical (unpaired) electrons. The van der Waals surface area contributed by atoms with Crippen LogP contribution in [0.2, 0.25) is 5.28 Å². The first-order valence-corrected chi connectivity index (χ1v) is 10.3. The highest BCUT2D eigenvalue weighted by atomic mass is 35.5. The van der Waals surface area contributed by atoms with Gasteiger partial charge in [0.05, 0.1) is 10.7 Å². The van der Waals surface area contributed by atoms with Gasteiger partial charge in [0.25, 0.3) is 0 Å². The van der Waals surface area contributed by atoms with E-state index < -0.39 is 0 Å². The standard InChI is InChI=1S/C22H22ClFN4/c23-22-27-19(14-6-8-15(24)9-7-14)20(28(22)16-4-2-1-3-5-16)17-10-12-25-21-18(17)11-13-26-21/h6,8-9,11-13,16,26H,1-5,7,10H2. The van der Waals surface area contributed by atoms with Gasteiger partial charge in [0.1, 0.15) is 11.6 Å². The molecule has 5 rings (SSSR count). The van der Waals surface area contributed by atoms with Crippen molar-refractivity contribution >= 4 is 34.8 Å². The minimum atomic E-state index is -0.200. The molecule has 0 aromatic carbocycles. The molecule has 1 fully saturated rings. The van der Waals surface area contributed by atoms with Gasteiger partial charge in [-0.1, -0.05) is 25.3 Å². The highest BCUT2D eigenvalue weighted by molar-refractivity contribution is 6.28. The zero-order chi connectivity index (χ0) is 19.1. The molecule has 0 saturated heterocycles. The van der Waals surface area contributed by atoms with Crippen LogP contribution < -0.4 is 10.7 Å². The van der Waals surface area contributed by atoms with Crippen LogP contribution in [-0.4, -0.2) is 20.7 Å². The van der Waals surface area contributed by atoms with E-state index >= 15 is 0 Å². The van der Waals surface area contributed by atoms with Crippen molar-refractivity contribution in [3.63, 3.8) is 0 Å². The third-order valence-electron chi connectivity index (χ3n) is 5.92. The van der Waals surface area contributed by atoms with E-state index in [2.05, 4.69) is 20.6 Å². The number of hydrogen-bond acceptors (Lipinski definition) is 2. The summed E-state index contributed by atoms with van der Waals surface area (Å²) in [6.07, 6.45) is 16.0. The molecule has 3 aliphatic rings. The minimum Gasteiger partial charge on any atom is -0.346 e. The van der Waals surface area contributed by atoms with E-state index in [4.69, 9.17) is 16.6 Å². The van der Waals surface area contributed by atoms with Gasteiger partial charge in [-0.3, -0.25) is 0 Å². The molecule has 2 aromatic rings. The summed E-state index contributed by atoms with van der Waals surface area (Å²) in [5, 5.41) is 2.47. The maximum atomic E-state index is 13.5. The predicted molar refractivity (Wildman–Crippen MR) is 111 cm³/mol. The van der Waals surface area contributed by atoms with E-state index in [0.717, 1.165) is 46.9 Å². The number of hydrogen-bond donors (Lipinski definition) is 1. The summed E-state index contributed by atoms with van der Waals surface area (Å²) in [6, 6.07) is 2.42. The SMILES string of the molecule is FC1=CCC(=c2nc(Cl)n(C3CCCCC3)c2=C2CC=Nc3[nH]ccc32)C=C1. The molecule has 28 heavy (non-hydrogen) atoms. The fourth-order valence-electron chi connectivity index (χ4n) is 4.56. The van der Waals surface area contributed by atoms with Crippen molar-refractivity contribution in [1.29, 1.82) is 0 Å². The van der Waals surface area contributed by atoms with Gasteiger partial charge in [-0.15, -0.1) is 0 Å². The maximum Gasteiger partial charge on any atom is 0.204 e. The van der Waals surface area contributed by atoms with Crippen LogP contribution in [-0.2, 0) is 0 Å². The molecule has 0 unspecified atom stereocenters. The van der Waals surface area contributed by atoms with Crippen LogP contribution >= 0.6 is 11.6 Å². The Morgan fingerprint density at radius 1 is 1.14 bits per heavy atom. The van der Waals surface area contributed by atoms with Crippen LogP contribution in [0.25, 0.3) is 11.1 Å². The van der Waals surface area contributed by atoms with Crippen molar-refractivity contribution in [1.82, 2.24) is 14.5 Å². The minimum absolute atomic E-state index is 0.200. The molecule has 144 valence electrons. The fourth-order valence-corrected chi connectivity index (χ4v) is 4.87. The molecule has 0 spiro atoms. The lowest BCUT2D eigenvalue weighted by atomic mass is 9.94. The van der Waals surface area contributed by atoms with Gasteiger partial charge in [-0.05, 0) is 60.2 Å². The number of aromatic nitrogens is 3. The Hall–Kier alpha value is -2.40. The van der Waals surface area contributed by atoms with Crippen molar-refractivity contribution in [3.8, 4) is 0 Å². The van der Waals surface area contributed by atoms with E-state index in [1.165, 1.54) is 30.9 Å². The number of fused-ring (bicyclic) bond motifs is 1. The zero-order valence-electron chi connectivity index (χ0n) is 15.6. The van der Waals surface area contributed by atoms with Gasteiger partial charge in [-0.2, -0.15) is 0 Å². The predicted octanol–water partition coefficient (Wildman–Crippen LogP) is 4.64. The molecule has 3 heterocycles. The molecular weight excluding hydrogens is 375 g/mol. The average Bonchev–Trinajstić information content (AvgIpc) is 3.33. The van der Waals surface area contributed by atoms with E-state index in [9.17, 15) is 4.39 Å². The lowest BCUT2D eigenvalue weighted by Gasteiger charge is -2.25. The Bertz CT molecular complexity index is 1130. The normalized spacial score (nSPS) is 23.7. The first-order chi connectivity index (χ1) is 13.7. The van der Waals surface area contributed by atoms with Crippen LogP contribution in [0.15, 0.2) is 41.3 Å². The average molecular weight is 397 g/mol. The van der Waals surface area contributed by atoms with Crippen LogP contribution in [0, 0.1) is 0 Å². The smallest absolute Gasteiger partial charge is 0.204 e. The summed E-state index contributed by atoms with van der Waals surface area (Å²) in [6.45, 7) is 0. The molecule has 1 aliphatic heterocycles. The monoisotopic (exact) mass is 396 g/mol. The number of H-pyrrole nitrogens is 1. The maximum absolute atomic E-state index is 13.5. The summed E-state index contributed by atoms with van der Waals surface area (Å²) in [5.41, 5.74) is 3.28. The van der Waals surface area contributed by atoms with E-state index in [1.807, 2.05) is 18.5 Å². The van der Waals surface area contributed by atoms with Gasteiger partial charge < -0.3 is 9.55 Å². The highest BCUT2D eigenvalue weighted by Crippen LogP contribution is 2.32. The second-order valence-corrected chi connectivity index (χ2v) is 7.96. The van der Waals surface area contributed by atoms with Crippen molar-refractivity contribution < 1.29 is 4.39 Å². The largest absolute Gasteiger partial charge is 0.346 e. The third-order valence-corrected chi connectivity index (χ3v) is 6.19. The van der Waals surface area contributed by atoms with Gasteiger partial charge in [0, 0.05) is 30.4 Å². The Morgan fingerprint density at radius 2 is 2.00 bits per heavy atom. The molecule has 0 amide bonds. The topological polar surface area (TPSA) is 46.0 Å². The molecule has 1 N–H and O–H groups in total. The number of allylic oxidation sites excluding steroid dienone is 4. The molecule has 0 bridgehead atoms. The third kappa shape index (κ3) is 2.98. The summed E-state index contributed by atoms with van der Waals surface area (Å²) in [7, 11) is 0. The fraction of sp³-hybridized carbons (Fsp3) is 0.364. The van der Waals surface area contributed by atoms with Crippen molar-refractivity contribution in [2.75, 3.05) is 0 Å². The molecule has 4 nitrogen and oxygen atoms in total. The Labute approximate surface area is 167 Å². The number of aromatic amines is 1. The van der Waals surface area contributed by atoms with E-state index in [1.54, 1.807) is 6.08 Å². The lowest BCUT2D eigenvalue weighted by Crippen LogP contribution is -2.37. The summed E-state index contributed by atoms with van der Waals surface area (Å²) in [5.74, 6) is 0.670. The Balaban J connectivity index is 1.84. The highest BCUT2D eigenvalue weighted by Gasteiger charge is 2.24. The number of rotatable bonds is 1. The van der Waals surface area contributed by atoms with Crippen LogP contribution in [0.5, 0.6) is 0 Å². The van der Waals surface area contributed by atoms with Gasteiger partial charge in [-0.25, -0.2) is 14.4 Å². The number of halogens is 2. The summed E-state index contributed by atoms with van der Waals surface area (Å²) >= 11 is 6.72. The molecular formula is C22H22ClFN4. The van der Waals surface area contributed by atoms with Gasteiger partial charge in [0.2, 0.25) is 5.28 Å². The van der Waals surface area contributed by atoms with Gasteiger partial charge >= 0.3 is 0 Å². The van der Waals surface area contributed by atoms with Crippen molar-refractivity contribution in [3.05, 3.63) is 57.9 Å². The lowest BCUT2D eigenvalue weighted by molar-refractivity contribution is 0.348. The quantitative estimate of drug-likeness (QED) is 0.749. The molecule has 2 aromatic heterocycles.